The Kier molecular flexibility index (Phi) is 2.07. The Balaban J connectivity index is 2.85. The van der Waals surface area contributed by atoms with Crippen molar-refractivity contribution in [2.75, 3.05) is 0 Å². The Morgan fingerprint density at radius 1 is 1.46 bits per heavy atom. The van der Waals surface area contributed by atoms with Crippen molar-refractivity contribution in [3.8, 4) is 0 Å². The molecule has 0 bridgehead atoms. The third kappa shape index (κ3) is 1.35. The van der Waals surface area contributed by atoms with Gasteiger partial charge in [0.1, 0.15) is 11.5 Å². The first-order valence-electron chi connectivity index (χ1n) is 4.22. The SMILES string of the molecule is CCc1nc(C)nc2[nH]cc(Br)c12. The molecule has 0 spiro atoms. The van der Waals surface area contributed by atoms with Crippen LogP contribution in [-0.4, -0.2) is 15.0 Å². The summed E-state index contributed by atoms with van der Waals surface area (Å²) in [6, 6.07) is 0. The van der Waals surface area contributed by atoms with Crippen LogP contribution in [0, 0.1) is 6.92 Å². The lowest BCUT2D eigenvalue weighted by molar-refractivity contribution is 0.978. The van der Waals surface area contributed by atoms with Gasteiger partial charge in [-0.3, -0.25) is 0 Å². The lowest BCUT2D eigenvalue weighted by atomic mass is 10.2. The van der Waals surface area contributed by atoms with Crippen LogP contribution in [0.25, 0.3) is 11.0 Å². The molecule has 2 heterocycles. The molecule has 2 aromatic rings. The Morgan fingerprint density at radius 2 is 2.23 bits per heavy atom. The number of halogens is 1. The number of rotatable bonds is 1. The zero-order valence-electron chi connectivity index (χ0n) is 7.56. The second-order valence-corrected chi connectivity index (χ2v) is 3.79. The van der Waals surface area contributed by atoms with E-state index in [0.29, 0.717) is 0 Å². The lowest BCUT2D eigenvalue weighted by Crippen LogP contribution is -1.95. The standard InChI is InChI=1S/C9H10BrN3/c1-3-7-8-6(10)4-11-9(8)13-5(2)12-7/h4H,3H2,1-2H3,(H,11,12,13). The molecule has 0 unspecified atom stereocenters. The van der Waals surface area contributed by atoms with Crippen LogP contribution in [0.2, 0.25) is 0 Å². The predicted molar refractivity (Wildman–Crippen MR) is 55.7 cm³/mol. The fourth-order valence-corrected chi connectivity index (χ4v) is 1.98. The van der Waals surface area contributed by atoms with E-state index in [1.165, 1.54) is 0 Å². The predicted octanol–water partition coefficient (Wildman–Crippen LogP) is 2.59. The molecule has 2 rings (SSSR count). The highest BCUT2D eigenvalue weighted by Gasteiger charge is 2.08. The summed E-state index contributed by atoms with van der Waals surface area (Å²) in [5.74, 6) is 0.818. The molecular formula is C9H10BrN3. The molecule has 0 aromatic carbocycles. The number of aromatic nitrogens is 3. The van der Waals surface area contributed by atoms with Crippen molar-refractivity contribution in [1.82, 2.24) is 15.0 Å². The summed E-state index contributed by atoms with van der Waals surface area (Å²) < 4.78 is 1.04. The number of hydrogen-bond donors (Lipinski definition) is 1. The average molecular weight is 240 g/mol. The largest absolute Gasteiger partial charge is 0.345 e. The van der Waals surface area contributed by atoms with E-state index in [2.05, 4.69) is 37.8 Å². The first-order valence-corrected chi connectivity index (χ1v) is 5.01. The van der Waals surface area contributed by atoms with Crippen LogP contribution < -0.4 is 0 Å². The van der Waals surface area contributed by atoms with Gasteiger partial charge in [-0.05, 0) is 29.3 Å². The monoisotopic (exact) mass is 239 g/mol. The Bertz CT molecular complexity index is 447. The van der Waals surface area contributed by atoms with E-state index >= 15 is 0 Å². The molecule has 68 valence electrons. The van der Waals surface area contributed by atoms with E-state index in [-0.39, 0.29) is 0 Å². The minimum Gasteiger partial charge on any atom is -0.345 e. The summed E-state index contributed by atoms with van der Waals surface area (Å²) in [6.07, 6.45) is 2.83. The zero-order valence-corrected chi connectivity index (χ0v) is 9.14. The summed E-state index contributed by atoms with van der Waals surface area (Å²) in [6.45, 7) is 4.01. The number of hydrogen-bond acceptors (Lipinski definition) is 2. The molecule has 4 heteroatoms. The first-order chi connectivity index (χ1) is 6.22. The highest BCUT2D eigenvalue weighted by molar-refractivity contribution is 9.10. The van der Waals surface area contributed by atoms with Crippen LogP contribution >= 0.6 is 15.9 Å². The van der Waals surface area contributed by atoms with Gasteiger partial charge in [0.25, 0.3) is 0 Å². The first kappa shape index (κ1) is 8.69. The van der Waals surface area contributed by atoms with Gasteiger partial charge in [-0.25, -0.2) is 9.97 Å². The highest BCUT2D eigenvalue weighted by Crippen LogP contribution is 2.24. The van der Waals surface area contributed by atoms with Crippen LogP contribution in [0.4, 0.5) is 0 Å². The molecular weight excluding hydrogens is 230 g/mol. The number of nitrogens with one attached hydrogen (secondary N) is 1. The van der Waals surface area contributed by atoms with E-state index in [1.807, 2.05) is 13.1 Å². The third-order valence-electron chi connectivity index (χ3n) is 2.01. The lowest BCUT2D eigenvalue weighted by Gasteiger charge is -2.00. The summed E-state index contributed by atoms with van der Waals surface area (Å²) >= 11 is 3.47. The number of aryl methyl sites for hydroxylation is 2. The molecule has 0 amide bonds. The van der Waals surface area contributed by atoms with E-state index < -0.39 is 0 Å². The van der Waals surface area contributed by atoms with Gasteiger partial charge in [0.05, 0.1) is 11.1 Å². The molecule has 13 heavy (non-hydrogen) atoms. The van der Waals surface area contributed by atoms with E-state index in [1.54, 1.807) is 0 Å². The van der Waals surface area contributed by atoms with E-state index in [0.717, 1.165) is 33.4 Å². The normalized spacial score (nSPS) is 11.0. The van der Waals surface area contributed by atoms with Crippen LogP contribution in [0.1, 0.15) is 18.4 Å². The minimum absolute atomic E-state index is 0.818. The topological polar surface area (TPSA) is 41.6 Å². The summed E-state index contributed by atoms with van der Waals surface area (Å²) in [5.41, 5.74) is 2.01. The maximum atomic E-state index is 4.39. The van der Waals surface area contributed by atoms with Crippen molar-refractivity contribution in [2.24, 2.45) is 0 Å². The number of H-pyrrole nitrogens is 1. The average Bonchev–Trinajstić information content (AvgIpc) is 2.46. The van der Waals surface area contributed by atoms with Crippen LogP contribution in [0.15, 0.2) is 10.7 Å². The highest BCUT2D eigenvalue weighted by atomic mass is 79.9. The third-order valence-corrected chi connectivity index (χ3v) is 2.63. The van der Waals surface area contributed by atoms with E-state index in [4.69, 9.17) is 0 Å². The fraction of sp³-hybridized carbons (Fsp3) is 0.333. The minimum atomic E-state index is 0.818. The van der Waals surface area contributed by atoms with Crippen molar-refractivity contribution >= 4 is 27.0 Å². The van der Waals surface area contributed by atoms with Crippen molar-refractivity contribution in [1.29, 1.82) is 0 Å². The molecule has 1 N–H and O–H groups in total. The molecule has 0 saturated carbocycles. The van der Waals surface area contributed by atoms with Gasteiger partial charge in [0.2, 0.25) is 0 Å². The molecule has 0 fully saturated rings. The van der Waals surface area contributed by atoms with Gasteiger partial charge in [-0.1, -0.05) is 6.92 Å². The molecule has 0 saturated heterocycles. The second kappa shape index (κ2) is 3.10. The number of nitrogens with zero attached hydrogens (tertiary/aromatic N) is 2. The van der Waals surface area contributed by atoms with Gasteiger partial charge in [0.15, 0.2) is 0 Å². The molecule has 0 aliphatic rings. The van der Waals surface area contributed by atoms with Gasteiger partial charge < -0.3 is 4.98 Å². The fourth-order valence-electron chi connectivity index (χ4n) is 1.45. The van der Waals surface area contributed by atoms with Crippen LogP contribution in [0.5, 0.6) is 0 Å². The number of fused-ring (bicyclic) bond motifs is 1. The van der Waals surface area contributed by atoms with Crippen molar-refractivity contribution in [3.05, 3.63) is 22.2 Å². The van der Waals surface area contributed by atoms with Crippen molar-refractivity contribution < 1.29 is 0 Å². The van der Waals surface area contributed by atoms with Gasteiger partial charge in [0, 0.05) is 10.7 Å². The molecule has 2 aromatic heterocycles. The number of aromatic amines is 1. The second-order valence-electron chi connectivity index (χ2n) is 2.93. The van der Waals surface area contributed by atoms with Crippen LogP contribution in [-0.2, 0) is 6.42 Å². The quantitative estimate of drug-likeness (QED) is 0.832. The van der Waals surface area contributed by atoms with E-state index in [9.17, 15) is 0 Å². The Morgan fingerprint density at radius 3 is 2.92 bits per heavy atom. The summed E-state index contributed by atoms with van der Waals surface area (Å²) in [4.78, 5) is 11.8. The molecule has 0 aliphatic carbocycles. The summed E-state index contributed by atoms with van der Waals surface area (Å²) in [7, 11) is 0. The summed E-state index contributed by atoms with van der Waals surface area (Å²) in [5, 5.41) is 1.10. The Hall–Kier alpha value is -0.900. The molecule has 0 radical (unpaired) electrons. The van der Waals surface area contributed by atoms with Crippen molar-refractivity contribution in [2.45, 2.75) is 20.3 Å². The molecule has 0 aliphatic heterocycles. The van der Waals surface area contributed by atoms with Crippen molar-refractivity contribution in [3.63, 3.8) is 0 Å². The van der Waals surface area contributed by atoms with Gasteiger partial charge in [-0.15, -0.1) is 0 Å². The Labute approximate surface area is 84.7 Å². The maximum Gasteiger partial charge on any atom is 0.142 e. The smallest absolute Gasteiger partial charge is 0.142 e. The molecule has 3 nitrogen and oxygen atoms in total. The van der Waals surface area contributed by atoms with Gasteiger partial charge >= 0.3 is 0 Å². The molecule has 0 atom stereocenters. The van der Waals surface area contributed by atoms with Crippen LogP contribution in [0.3, 0.4) is 0 Å². The maximum absolute atomic E-state index is 4.39. The zero-order chi connectivity index (χ0) is 9.42. The van der Waals surface area contributed by atoms with Gasteiger partial charge in [-0.2, -0.15) is 0 Å².